The Morgan fingerprint density at radius 3 is 2.90 bits per heavy atom. The summed E-state index contributed by atoms with van der Waals surface area (Å²) in [5, 5.41) is 1.97. The molecule has 2 aromatic rings. The Morgan fingerprint density at radius 1 is 1.35 bits per heavy atom. The minimum atomic E-state index is -4.13. The highest BCUT2D eigenvalue weighted by atomic mass is 32.1. The highest BCUT2D eigenvalue weighted by Crippen LogP contribution is 2.37. The van der Waals surface area contributed by atoms with Crippen LogP contribution in [0.15, 0.2) is 11.7 Å². The predicted octanol–water partition coefficient (Wildman–Crippen LogP) is 3.78. The third-order valence-electron chi connectivity index (χ3n) is 3.70. The topological polar surface area (TPSA) is 29.0 Å². The number of aryl methyl sites for hydroxylation is 1. The molecular formula is C13H14F3N3S. The molecule has 0 spiro atoms. The number of anilines is 1. The average Bonchev–Trinajstić information content (AvgIpc) is 2.80. The third kappa shape index (κ3) is 2.34. The molecule has 108 valence electrons. The Morgan fingerprint density at radius 2 is 2.15 bits per heavy atom. The van der Waals surface area contributed by atoms with E-state index >= 15 is 0 Å². The van der Waals surface area contributed by atoms with Gasteiger partial charge in [0.05, 0.1) is 16.1 Å². The van der Waals surface area contributed by atoms with Gasteiger partial charge >= 0.3 is 6.18 Å². The van der Waals surface area contributed by atoms with Gasteiger partial charge in [0.25, 0.3) is 0 Å². The summed E-state index contributed by atoms with van der Waals surface area (Å²) in [6.07, 6.45) is -1.94. The van der Waals surface area contributed by atoms with Gasteiger partial charge in [-0.25, -0.2) is 9.97 Å². The van der Waals surface area contributed by atoms with Gasteiger partial charge in [0, 0.05) is 13.1 Å². The first-order chi connectivity index (χ1) is 9.47. The first-order valence-corrected chi connectivity index (χ1v) is 7.35. The fourth-order valence-electron chi connectivity index (χ4n) is 2.62. The Hall–Kier alpha value is -1.37. The van der Waals surface area contributed by atoms with Crippen LogP contribution < -0.4 is 4.90 Å². The lowest BCUT2D eigenvalue weighted by Crippen LogP contribution is -2.42. The van der Waals surface area contributed by atoms with E-state index in [1.54, 1.807) is 4.90 Å². The molecule has 20 heavy (non-hydrogen) atoms. The van der Waals surface area contributed by atoms with Crippen molar-refractivity contribution in [2.75, 3.05) is 18.0 Å². The van der Waals surface area contributed by atoms with Crippen LogP contribution in [0, 0.1) is 12.8 Å². The van der Waals surface area contributed by atoms with Crippen LogP contribution in [-0.2, 0) is 0 Å². The quantitative estimate of drug-likeness (QED) is 0.802. The third-order valence-corrected chi connectivity index (χ3v) is 4.78. The minimum Gasteiger partial charge on any atom is -0.355 e. The molecule has 3 heterocycles. The van der Waals surface area contributed by atoms with Crippen molar-refractivity contribution in [2.24, 2.45) is 5.92 Å². The van der Waals surface area contributed by atoms with Crippen molar-refractivity contribution in [1.82, 2.24) is 9.97 Å². The van der Waals surface area contributed by atoms with Gasteiger partial charge < -0.3 is 4.90 Å². The molecule has 0 radical (unpaired) electrons. The highest BCUT2D eigenvalue weighted by Gasteiger charge is 2.42. The number of hydrogen-bond donors (Lipinski definition) is 0. The Balaban J connectivity index is 1.95. The van der Waals surface area contributed by atoms with E-state index in [4.69, 9.17) is 0 Å². The van der Waals surface area contributed by atoms with E-state index in [1.807, 2.05) is 12.3 Å². The standard InChI is InChI=1S/C13H14F3N3S/c1-8-6-20-11-10(8)17-7-18-12(11)19-4-2-3-9(5-19)13(14,15)16/h6-7,9H,2-5H2,1H3. The van der Waals surface area contributed by atoms with Gasteiger partial charge in [0.2, 0.25) is 0 Å². The van der Waals surface area contributed by atoms with Crippen molar-refractivity contribution in [3.8, 4) is 0 Å². The molecule has 3 nitrogen and oxygen atoms in total. The number of halogens is 3. The van der Waals surface area contributed by atoms with Gasteiger partial charge in [-0.2, -0.15) is 13.2 Å². The molecule has 0 bridgehead atoms. The monoisotopic (exact) mass is 301 g/mol. The summed E-state index contributed by atoms with van der Waals surface area (Å²) in [7, 11) is 0. The fraction of sp³-hybridized carbons (Fsp3) is 0.538. The summed E-state index contributed by atoms with van der Waals surface area (Å²) in [5.74, 6) is -0.621. The van der Waals surface area contributed by atoms with E-state index in [2.05, 4.69) is 9.97 Å². The van der Waals surface area contributed by atoms with E-state index in [9.17, 15) is 13.2 Å². The Bertz CT molecular complexity index is 623. The van der Waals surface area contributed by atoms with Gasteiger partial charge in [-0.15, -0.1) is 11.3 Å². The van der Waals surface area contributed by atoms with Crippen molar-refractivity contribution in [1.29, 1.82) is 0 Å². The number of alkyl halides is 3. The van der Waals surface area contributed by atoms with Crippen LogP contribution in [-0.4, -0.2) is 29.2 Å². The zero-order valence-electron chi connectivity index (χ0n) is 10.9. The lowest BCUT2D eigenvalue weighted by atomic mass is 9.97. The fourth-order valence-corrected chi connectivity index (χ4v) is 3.64. The van der Waals surface area contributed by atoms with E-state index in [1.165, 1.54) is 17.7 Å². The molecule has 0 amide bonds. The Labute approximate surface area is 118 Å². The SMILES string of the molecule is Cc1csc2c(N3CCCC(C(F)(F)F)C3)ncnc12. The second-order valence-electron chi connectivity index (χ2n) is 5.12. The van der Waals surface area contributed by atoms with Crippen LogP contribution in [0.5, 0.6) is 0 Å². The number of aromatic nitrogens is 2. The lowest BCUT2D eigenvalue weighted by Gasteiger charge is -2.34. The molecule has 0 N–H and O–H groups in total. The second-order valence-corrected chi connectivity index (χ2v) is 6.00. The molecule has 1 aliphatic rings. The number of nitrogens with zero attached hydrogens (tertiary/aromatic N) is 3. The lowest BCUT2D eigenvalue weighted by molar-refractivity contribution is -0.176. The number of thiophene rings is 1. The molecule has 1 fully saturated rings. The summed E-state index contributed by atoms with van der Waals surface area (Å²) < 4.78 is 39.6. The predicted molar refractivity (Wildman–Crippen MR) is 73.1 cm³/mol. The van der Waals surface area contributed by atoms with Gasteiger partial charge in [-0.1, -0.05) is 0 Å². The first-order valence-electron chi connectivity index (χ1n) is 6.47. The van der Waals surface area contributed by atoms with Crippen molar-refractivity contribution >= 4 is 27.4 Å². The van der Waals surface area contributed by atoms with Crippen molar-refractivity contribution in [2.45, 2.75) is 25.9 Å². The molecule has 0 aliphatic carbocycles. The molecule has 7 heteroatoms. The summed E-state index contributed by atoms with van der Waals surface area (Å²) >= 11 is 1.50. The highest BCUT2D eigenvalue weighted by molar-refractivity contribution is 7.18. The van der Waals surface area contributed by atoms with Crippen LogP contribution in [0.2, 0.25) is 0 Å². The molecule has 1 atom stereocenters. The number of rotatable bonds is 1. The molecule has 1 saturated heterocycles. The summed E-state index contributed by atoms with van der Waals surface area (Å²) in [6, 6.07) is 0. The van der Waals surface area contributed by atoms with Gasteiger partial charge in [0.15, 0.2) is 0 Å². The maximum atomic E-state index is 12.9. The second kappa shape index (κ2) is 4.87. The van der Waals surface area contributed by atoms with Gasteiger partial charge in [0.1, 0.15) is 12.1 Å². The average molecular weight is 301 g/mol. The maximum absolute atomic E-state index is 12.9. The van der Waals surface area contributed by atoms with Gasteiger partial charge in [-0.05, 0) is 30.7 Å². The Kier molecular flexibility index (Phi) is 3.32. The van der Waals surface area contributed by atoms with E-state index in [-0.39, 0.29) is 13.0 Å². The normalized spacial score (nSPS) is 20.6. The molecule has 0 saturated carbocycles. The smallest absolute Gasteiger partial charge is 0.355 e. The molecular weight excluding hydrogens is 287 g/mol. The zero-order valence-corrected chi connectivity index (χ0v) is 11.8. The number of fused-ring (bicyclic) bond motifs is 1. The molecule has 0 aromatic carbocycles. The summed E-state index contributed by atoms with van der Waals surface area (Å²) in [6.45, 7) is 2.56. The van der Waals surface area contributed by atoms with Gasteiger partial charge in [-0.3, -0.25) is 0 Å². The van der Waals surface area contributed by atoms with Crippen LogP contribution >= 0.6 is 11.3 Å². The van der Waals surface area contributed by atoms with Crippen molar-refractivity contribution < 1.29 is 13.2 Å². The zero-order chi connectivity index (χ0) is 14.3. The van der Waals surface area contributed by atoms with Crippen molar-refractivity contribution in [3.63, 3.8) is 0 Å². The van der Waals surface area contributed by atoms with E-state index in [0.29, 0.717) is 18.8 Å². The van der Waals surface area contributed by atoms with Crippen LogP contribution in [0.1, 0.15) is 18.4 Å². The molecule has 3 rings (SSSR count). The van der Waals surface area contributed by atoms with Crippen LogP contribution in [0.3, 0.4) is 0 Å². The largest absolute Gasteiger partial charge is 0.393 e. The van der Waals surface area contributed by atoms with Crippen molar-refractivity contribution in [3.05, 3.63) is 17.3 Å². The maximum Gasteiger partial charge on any atom is 0.393 e. The first kappa shape index (κ1) is 13.6. The minimum absolute atomic E-state index is 0.00738. The molecule has 1 unspecified atom stereocenters. The summed E-state index contributed by atoms with van der Waals surface area (Å²) in [5.41, 5.74) is 1.88. The van der Waals surface area contributed by atoms with E-state index in [0.717, 1.165) is 15.8 Å². The summed E-state index contributed by atoms with van der Waals surface area (Å²) in [4.78, 5) is 10.2. The van der Waals surface area contributed by atoms with E-state index < -0.39 is 12.1 Å². The number of hydrogen-bond acceptors (Lipinski definition) is 4. The molecule has 1 aliphatic heterocycles. The number of piperidine rings is 1. The molecule has 2 aromatic heterocycles. The van der Waals surface area contributed by atoms with Crippen LogP contribution in [0.25, 0.3) is 10.2 Å². The van der Waals surface area contributed by atoms with Crippen LogP contribution in [0.4, 0.5) is 19.0 Å².